The minimum atomic E-state index is -0.568. The van der Waals surface area contributed by atoms with Gasteiger partial charge in [-0.25, -0.2) is 0 Å². The average molecular weight is 274 g/mol. The van der Waals surface area contributed by atoms with Crippen LogP contribution in [0.3, 0.4) is 0 Å². The number of carbonyl (C=O) groups is 1. The fraction of sp³-hybridized carbons (Fsp3) is 0.833. The standard InChI is InChI=1S/C6H10Br2O2/c1-2-6(8,3-4-9)5(7)10/h9H,2-4H2,1H3. The Labute approximate surface area is 77.3 Å². The molecule has 0 saturated carbocycles. The van der Waals surface area contributed by atoms with Crippen molar-refractivity contribution in [2.75, 3.05) is 6.61 Å². The molecule has 10 heavy (non-hydrogen) atoms. The summed E-state index contributed by atoms with van der Waals surface area (Å²) in [6.07, 6.45) is 1.13. The second-order valence-electron chi connectivity index (χ2n) is 2.07. The van der Waals surface area contributed by atoms with E-state index in [0.29, 0.717) is 12.8 Å². The summed E-state index contributed by atoms with van der Waals surface area (Å²) >= 11 is 6.11. The molecule has 0 aromatic carbocycles. The zero-order valence-corrected chi connectivity index (χ0v) is 8.90. The molecule has 0 bridgehead atoms. The van der Waals surface area contributed by atoms with Crippen molar-refractivity contribution in [2.24, 2.45) is 0 Å². The van der Waals surface area contributed by atoms with E-state index in [4.69, 9.17) is 5.11 Å². The predicted molar refractivity (Wildman–Crippen MR) is 47.6 cm³/mol. The normalized spacial score (nSPS) is 16.4. The number of aliphatic hydroxyl groups excluding tert-OH is 1. The van der Waals surface area contributed by atoms with Gasteiger partial charge < -0.3 is 5.11 Å². The molecule has 0 radical (unpaired) electrons. The van der Waals surface area contributed by atoms with Crippen LogP contribution in [0, 0.1) is 0 Å². The molecule has 0 aromatic rings. The lowest BCUT2D eigenvalue weighted by molar-refractivity contribution is -0.112. The Hall–Kier alpha value is 0.590. The second-order valence-corrected chi connectivity index (χ2v) is 4.30. The first-order chi connectivity index (χ1) is 4.56. The Morgan fingerprint density at radius 2 is 2.20 bits per heavy atom. The van der Waals surface area contributed by atoms with Crippen molar-refractivity contribution in [2.45, 2.75) is 24.1 Å². The van der Waals surface area contributed by atoms with Gasteiger partial charge >= 0.3 is 0 Å². The van der Waals surface area contributed by atoms with Gasteiger partial charge in [-0.1, -0.05) is 22.9 Å². The molecule has 0 aliphatic heterocycles. The van der Waals surface area contributed by atoms with Crippen LogP contribution >= 0.6 is 31.9 Å². The van der Waals surface area contributed by atoms with Gasteiger partial charge in [-0.15, -0.1) is 0 Å². The minimum absolute atomic E-state index is 0.0242. The number of hydrogen-bond acceptors (Lipinski definition) is 2. The lowest BCUT2D eigenvalue weighted by Crippen LogP contribution is -2.28. The molecule has 0 rings (SSSR count). The molecule has 60 valence electrons. The van der Waals surface area contributed by atoms with Gasteiger partial charge in [0.25, 0.3) is 0 Å². The topological polar surface area (TPSA) is 37.3 Å². The molecule has 0 fully saturated rings. The van der Waals surface area contributed by atoms with E-state index >= 15 is 0 Å². The number of rotatable bonds is 4. The van der Waals surface area contributed by atoms with Crippen molar-refractivity contribution >= 4 is 36.6 Å². The molecule has 0 aliphatic rings. The van der Waals surface area contributed by atoms with E-state index in [1.54, 1.807) is 0 Å². The molecule has 1 N–H and O–H groups in total. The van der Waals surface area contributed by atoms with Gasteiger partial charge in [0.1, 0.15) is 0 Å². The predicted octanol–water partition coefficient (Wildman–Crippen LogP) is 1.83. The SMILES string of the molecule is CCC(Br)(CCO)C(=O)Br. The van der Waals surface area contributed by atoms with E-state index in [0.717, 1.165) is 0 Å². The zero-order chi connectivity index (χ0) is 8.20. The van der Waals surface area contributed by atoms with Gasteiger partial charge in [0.05, 0.1) is 4.32 Å². The zero-order valence-electron chi connectivity index (χ0n) is 5.73. The fourth-order valence-corrected chi connectivity index (χ4v) is 1.25. The van der Waals surface area contributed by atoms with Crippen LogP contribution in [0.5, 0.6) is 0 Å². The molecule has 0 amide bonds. The van der Waals surface area contributed by atoms with Crippen LogP contribution in [-0.4, -0.2) is 20.7 Å². The van der Waals surface area contributed by atoms with Crippen LogP contribution in [0.2, 0.25) is 0 Å². The Kier molecular flexibility index (Phi) is 4.73. The number of aliphatic hydroxyl groups is 1. The molecule has 0 aliphatic carbocycles. The third-order valence-corrected chi connectivity index (χ3v) is 4.03. The summed E-state index contributed by atoms with van der Waals surface area (Å²) in [4.78, 5) is 10.8. The van der Waals surface area contributed by atoms with Gasteiger partial charge in [0.15, 0.2) is 0 Å². The summed E-state index contributed by atoms with van der Waals surface area (Å²) in [7, 11) is 0. The molecule has 1 atom stereocenters. The smallest absolute Gasteiger partial charge is 0.214 e. The van der Waals surface area contributed by atoms with Crippen molar-refractivity contribution in [1.82, 2.24) is 0 Å². The maximum atomic E-state index is 10.8. The molecule has 0 spiro atoms. The Balaban J connectivity index is 4.08. The molecule has 1 unspecified atom stereocenters. The van der Waals surface area contributed by atoms with E-state index in [9.17, 15) is 4.79 Å². The minimum Gasteiger partial charge on any atom is -0.396 e. The summed E-state index contributed by atoms with van der Waals surface area (Å²) in [5, 5.41) is 8.58. The first-order valence-corrected chi connectivity index (χ1v) is 4.65. The summed E-state index contributed by atoms with van der Waals surface area (Å²) in [6, 6.07) is 0. The van der Waals surface area contributed by atoms with Gasteiger partial charge in [0.2, 0.25) is 4.69 Å². The van der Waals surface area contributed by atoms with Gasteiger partial charge in [-0.3, -0.25) is 4.79 Å². The van der Waals surface area contributed by atoms with Crippen LogP contribution in [0.4, 0.5) is 0 Å². The highest BCUT2D eigenvalue weighted by atomic mass is 79.9. The monoisotopic (exact) mass is 272 g/mol. The quantitative estimate of drug-likeness (QED) is 0.627. The van der Waals surface area contributed by atoms with Crippen molar-refractivity contribution in [3.63, 3.8) is 0 Å². The Morgan fingerprint density at radius 1 is 1.70 bits per heavy atom. The number of halogens is 2. The van der Waals surface area contributed by atoms with E-state index < -0.39 is 4.32 Å². The third-order valence-electron chi connectivity index (χ3n) is 1.42. The van der Waals surface area contributed by atoms with Crippen LogP contribution in [-0.2, 0) is 4.79 Å². The fourth-order valence-electron chi connectivity index (χ4n) is 0.591. The maximum Gasteiger partial charge on any atom is 0.214 e. The Bertz CT molecular complexity index is 127. The van der Waals surface area contributed by atoms with Gasteiger partial charge in [-0.05, 0) is 28.8 Å². The molecular formula is C6H10Br2O2. The molecular weight excluding hydrogens is 264 g/mol. The van der Waals surface area contributed by atoms with Crippen LogP contribution < -0.4 is 0 Å². The first-order valence-electron chi connectivity index (χ1n) is 3.06. The Morgan fingerprint density at radius 3 is 2.30 bits per heavy atom. The van der Waals surface area contributed by atoms with Crippen LogP contribution in [0.15, 0.2) is 0 Å². The lowest BCUT2D eigenvalue weighted by Gasteiger charge is -2.19. The molecule has 0 saturated heterocycles. The highest BCUT2D eigenvalue weighted by molar-refractivity contribution is 9.20. The van der Waals surface area contributed by atoms with Crippen molar-refractivity contribution in [1.29, 1.82) is 0 Å². The molecule has 2 nitrogen and oxygen atoms in total. The largest absolute Gasteiger partial charge is 0.396 e. The average Bonchev–Trinajstić information content (AvgIpc) is 1.88. The number of hydrogen-bond donors (Lipinski definition) is 1. The third kappa shape index (κ3) is 2.68. The lowest BCUT2D eigenvalue weighted by atomic mass is 10.1. The summed E-state index contributed by atoms with van der Waals surface area (Å²) in [5.41, 5.74) is 0. The van der Waals surface area contributed by atoms with E-state index in [1.165, 1.54) is 0 Å². The van der Waals surface area contributed by atoms with Crippen molar-refractivity contribution < 1.29 is 9.90 Å². The molecule has 0 aromatic heterocycles. The molecule has 4 heteroatoms. The van der Waals surface area contributed by atoms with Crippen LogP contribution in [0.25, 0.3) is 0 Å². The summed E-state index contributed by atoms with van der Waals surface area (Å²) in [5.74, 6) is 0. The van der Waals surface area contributed by atoms with Crippen molar-refractivity contribution in [3.8, 4) is 0 Å². The number of alkyl halides is 1. The van der Waals surface area contributed by atoms with E-state index in [1.807, 2.05) is 6.92 Å². The van der Waals surface area contributed by atoms with Crippen molar-refractivity contribution in [3.05, 3.63) is 0 Å². The highest BCUT2D eigenvalue weighted by Crippen LogP contribution is 2.29. The number of carbonyl (C=O) groups excluding carboxylic acids is 1. The maximum absolute atomic E-state index is 10.8. The van der Waals surface area contributed by atoms with E-state index in [-0.39, 0.29) is 11.3 Å². The highest BCUT2D eigenvalue weighted by Gasteiger charge is 2.30. The van der Waals surface area contributed by atoms with Gasteiger partial charge in [-0.2, -0.15) is 0 Å². The van der Waals surface area contributed by atoms with Gasteiger partial charge in [0, 0.05) is 6.61 Å². The first kappa shape index (κ1) is 10.6. The molecule has 0 heterocycles. The second kappa shape index (κ2) is 4.46. The summed E-state index contributed by atoms with van der Waals surface area (Å²) < 4.78 is -0.668. The van der Waals surface area contributed by atoms with Crippen LogP contribution in [0.1, 0.15) is 19.8 Å². The van der Waals surface area contributed by atoms with E-state index in [2.05, 4.69) is 31.9 Å². The summed E-state index contributed by atoms with van der Waals surface area (Å²) in [6.45, 7) is 1.92.